The van der Waals surface area contributed by atoms with Gasteiger partial charge in [0.15, 0.2) is 0 Å². The predicted octanol–water partition coefficient (Wildman–Crippen LogP) is 0.0879. The highest BCUT2D eigenvalue weighted by Crippen LogP contribution is 2.19. The summed E-state index contributed by atoms with van der Waals surface area (Å²) in [4.78, 5) is 50.9. The summed E-state index contributed by atoms with van der Waals surface area (Å²) in [7, 11) is 0. The number of rotatable bonds is 12. The number of carboxylic acid groups (broad SMARTS) is 1. The molecule has 1 rings (SSSR count). The van der Waals surface area contributed by atoms with Gasteiger partial charge >= 0.3 is 5.97 Å². The maximum atomic E-state index is 12.8. The number of thioether (sulfide) groups is 1. The first-order valence-electron chi connectivity index (χ1n) is 10.2. The van der Waals surface area contributed by atoms with Crippen molar-refractivity contribution < 1.29 is 24.3 Å². The topological polar surface area (TPSA) is 142 Å². The van der Waals surface area contributed by atoms with Gasteiger partial charge in [0.2, 0.25) is 17.7 Å². The van der Waals surface area contributed by atoms with E-state index in [-0.39, 0.29) is 17.6 Å². The zero-order valence-corrected chi connectivity index (χ0v) is 19.5. The Labute approximate surface area is 187 Å². The second-order valence-electron chi connectivity index (χ2n) is 7.53. The van der Waals surface area contributed by atoms with E-state index in [9.17, 15) is 24.3 Å². The van der Waals surface area contributed by atoms with E-state index in [1.807, 2.05) is 13.2 Å². The molecule has 5 unspecified atom stereocenters. The lowest BCUT2D eigenvalue weighted by Gasteiger charge is -2.28. The van der Waals surface area contributed by atoms with Gasteiger partial charge in [-0.25, -0.2) is 4.79 Å². The first-order chi connectivity index (χ1) is 14.2. The van der Waals surface area contributed by atoms with Crippen LogP contribution in [-0.4, -0.2) is 82.2 Å². The molecule has 11 heteroatoms. The van der Waals surface area contributed by atoms with Crippen LogP contribution in [0.3, 0.4) is 0 Å². The first-order valence-corrected chi connectivity index (χ1v) is 12.2. The maximum Gasteiger partial charge on any atom is 0.326 e. The summed E-state index contributed by atoms with van der Waals surface area (Å²) >= 11 is 5.73. The normalized spacial score (nSPS) is 20.2. The summed E-state index contributed by atoms with van der Waals surface area (Å²) in [5.41, 5.74) is 5.98. The van der Waals surface area contributed by atoms with Crippen molar-refractivity contribution >= 4 is 48.1 Å². The van der Waals surface area contributed by atoms with Gasteiger partial charge in [-0.15, -0.1) is 0 Å². The smallest absolute Gasteiger partial charge is 0.326 e. The number of likely N-dealkylation sites (tertiary alicyclic amines) is 1. The fourth-order valence-corrected chi connectivity index (χ4v) is 4.03. The minimum absolute atomic E-state index is 0.00166. The molecule has 1 fully saturated rings. The molecule has 5 atom stereocenters. The molecular weight excluding hydrogens is 428 g/mol. The molecule has 0 aromatic rings. The number of amides is 3. The molecule has 5 N–H and O–H groups in total. The molecule has 0 bridgehead atoms. The standard InChI is InChI=1S/C19H34N4O5S2/c1-4-11(2)15(19(27)28)22-16(24)13(10-29)21-17(25)14-6-5-8-23(14)18(26)12(20)7-9-30-3/h11-15,29H,4-10,20H2,1-3H3,(H,21,25)(H,22,24)(H,27,28). The molecule has 1 heterocycles. The number of carboxylic acids is 1. The molecule has 3 amide bonds. The molecule has 0 radical (unpaired) electrons. The van der Waals surface area contributed by atoms with E-state index in [4.69, 9.17) is 5.73 Å². The van der Waals surface area contributed by atoms with Crippen LogP contribution >= 0.6 is 24.4 Å². The Morgan fingerprint density at radius 3 is 2.50 bits per heavy atom. The molecule has 1 aliphatic heterocycles. The van der Waals surface area contributed by atoms with Crippen LogP contribution in [0.25, 0.3) is 0 Å². The van der Waals surface area contributed by atoms with Gasteiger partial charge in [0.25, 0.3) is 0 Å². The van der Waals surface area contributed by atoms with Crippen molar-refractivity contribution in [3.8, 4) is 0 Å². The second-order valence-corrected chi connectivity index (χ2v) is 8.88. The zero-order valence-electron chi connectivity index (χ0n) is 17.8. The van der Waals surface area contributed by atoms with Crippen molar-refractivity contribution in [3.05, 3.63) is 0 Å². The number of nitrogens with one attached hydrogen (secondary N) is 2. The SMILES string of the molecule is CCC(C)C(NC(=O)C(CS)NC(=O)C1CCCN1C(=O)C(N)CCSC)C(=O)O. The average Bonchev–Trinajstić information content (AvgIpc) is 3.22. The largest absolute Gasteiger partial charge is 0.480 e. The number of thiol groups is 1. The number of hydrogen-bond acceptors (Lipinski definition) is 7. The van der Waals surface area contributed by atoms with Crippen molar-refractivity contribution in [1.29, 1.82) is 0 Å². The van der Waals surface area contributed by atoms with Gasteiger partial charge in [-0.2, -0.15) is 24.4 Å². The second kappa shape index (κ2) is 13.1. The van der Waals surface area contributed by atoms with E-state index in [1.165, 1.54) is 4.90 Å². The first kappa shape index (κ1) is 26.6. The lowest BCUT2D eigenvalue weighted by atomic mass is 9.99. The highest BCUT2D eigenvalue weighted by atomic mass is 32.2. The summed E-state index contributed by atoms with van der Waals surface area (Å²) in [5, 5.41) is 14.5. The summed E-state index contributed by atoms with van der Waals surface area (Å²) in [6.45, 7) is 4.01. The predicted molar refractivity (Wildman–Crippen MR) is 121 cm³/mol. The monoisotopic (exact) mass is 462 g/mol. The fourth-order valence-electron chi connectivity index (χ4n) is 3.28. The van der Waals surface area contributed by atoms with Gasteiger partial charge in [-0.1, -0.05) is 20.3 Å². The quantitative estimate of drug-likeness (QED) is 0.259. The minimum Gasteiger partial charge on any atom is -0.480 e. The molecule has 0 saturated carbocycles. The number of carbonyl (C=O) groups is 4. The molecule has 0 aromatic carbocycles. The Balaban J connectivity index is 2.78. The van der Waals surface area contributed by atoms with Gasteiger partial charge < -0.3 is 26.4 Å². The van der Waals surface area contributed by atoms with E-state index in [1.54, 1.807) is 18.7 Å². The molecule has 172 valence electrons. The zero-order chi connectivity index (χ0) is 22.8. The van der Waals surface area contributed by atoms with Crippen LogP contribution in [-0.2, 0) is 19.2 Å². The van der Waals surface area contributed by atoms with E-state index in [0.717, 1.165) is 5.75 Å². The number of nitrogens with two attached hydrogens (primary N) is 1. The third-order valence-electron chi connectivity index (χ3n) is 5.38. The summed E-state index contributed by atoms with van der Waals surface area (Å²) in [5.74, 6) is -1.99. The molecule has 1 saturated heterocycles. The van der Waals surface area contributed by atoms with Crippen molar-refractivity contribution in [2.24, 2.45) is 11.7 Å². The van der Waals surface area contributed by atoms with Crippen LogP contribution in [0.15, 0.2) is 0 Å². The number of nitrogens with zero attached hydrogens (tertiary/aromatic N) is 1. The van der Waals surface area contributed by atoms with Crippen LogP contribution in [0.5, 0.6) is 0 Å². The minimum atomic E-state index is -1.13. The summed E-state index contributed by atoms with van der Waals surface area (Å²) in [6, 6.07) is -3.42. The van der Waals surface area contributed by atoms with Crippen LogP contribution in [0.4, 0.5) is 0 Å². The van der Waals surface area contributed by atoms with Gasteiger partial charge in [0.1, 0.15) is 18.1 Å². The number of carbonyl (C=O) groups excluding carboxylic acids is 3. The van der Waals surface area contributed by atoms with Crippen molar-refractivity contribution in [3.63, 3.8) is 0 Å². The van der Waals surface area contributed by atoms with Gasteiger partial charge in [-0.3, -0.25) is 14.4 Å². The Bertz CT molecular complexity index is 622. The molecular formula is C19H34N4O5S2. The molecule has 0 spiro atoms. The Morgan fingerprint density at radius 1 is 1.30 bits per heavy atom. The van der Waals surface area contributed by atoms with E-state index in [2.05, 4.69) is 23.3 Å². The van der Waals surface area contributed by atoms with Crippen molar-refractivity contribution in [2.45, 2.75) is 63.7 Å². The number of hydrogen-bond donors (Lipinski definition) is 5. The summed E-state index contributed by atoms with van der Waals surface area (Å²) < 4.78 is 0. The van der Waals surface area contributed by atoms with E-state index < -0.39 is 42.0 Å². The van der Waals surface area contributed by atoms with Crippen LogP contribution in [0.1, 0.15) is 39.5 Å². The molecule has 1 aliphatic rings. The average molecular weight is 463 g/mol. The molecule has 0 aliphatic carbocycles. The maximum absolute atomic E-state index is 12.8. The lowest BCUT2D eigenvalue weighted by molar-refractivity contribution is -0.144. The molecule has 30 heavy (non-hydrogen) atoms. The highest BCUT2D eigenvalue weighted by molar-refractivity contribution is 7.98. The van der Waals surface area contributed by atoms with Gasteiger partial charge in [0.05, 0.1) is 6.04 Å². The van der Waals surface area contributed by atoms with Crippen LogP contribution < -0.4 is 16.4 Å². The van der Waals surface area contributed by atoms with Crippen LogP contribution in [0.2, 0.25) is 0 Å². The third-order valence-corrected chi connectivity index (χ3v) is 6.39. The van der Waals surface area contributed by atoms with Crippen molar-refractivity contribution in [1.82, 2.24) is 15.5 Å². The fraction of sp³-hybridized carbons (Fsp3) is 0.789. The third kappa shape index (κ3) is 7.35. The molecule has 9 nitrogen and oxygen atoms in total. The van der Waals surface area contributed by atoms with E-state index >= 15 is 0 Å². The van der Waals surface area contributed by atoms with Gasteiger partial charge in [0, 0.05) is 12.3 Å². The Hall–Kier alpha value is -1.46. The van der Waals surface area contributed by atoms with Crippen molar-refractivity contribution in [2.75, 3.05) is 24.3 Å². The summed E-state index contributed by atoms with van der Waals surface area (Å²) in [6.07, 6.45) is 4.19. The van der Waals surface area contributed by atoms with Gasteiger partial charge in [-0.05, 0) is 37.2 Å². The Kier molecular flexibility index (Phi) is 11.6. The highest BCUT2D eigenvalue weighted by Gasteiger charge is 2.37. The Morgan fingerprint density at radius 2 is 1.97 bits per heavy atom. The van der Waals surface area contributed by atoms with E-state index in [0.29, 0.717) is 32.2 Å². The molecule has 0 aromatic heterocycles. The lowest BCUT2D eigenvalue weighted by Crippen LogP contribution is -2.57. The van der Waals surface area contributed by atoms with Crippen LogP contribution in [0, 0.1) is 5.92 Å². The number of aliphatic carboxylic acids is 1.